The number of nitrogens with one attached hydrogen (secondary N) is 1. The largest absolute Gasteiger partial charge is 0.478 e. The molecule has 0 aromatic carbocycles. The van der Waals surface area contributed by atoms with Gasteiger partial charge in [0.2, 0.25) is 0 Å². The van der Waals surface area contributed by atoms with Crippen molar-refractivity contribution in [3.8, 4) is 0 Å². The van der Waals surface area contributed by atoms with Crippen molar-refractivity contribution in [3.05, 3.63) is 17.8 Å². The molecule has 0 aliphatic carbocycles. The van der Waals surface area contributed by atoms with Crippen LogP contribution in [-0.4, -0.2) is 46.6 Å². The van der Waals surface area contributed by atoms with Crippen LogP contribution in [0.1, 0.15) is 30.1 Å². The summed E-state index contributed by atoms with van der Waals surface area (Å²) in [5, 5.41) is 12.3. The lowest BCUT2D eigenvalue weighted by Crippen LogP contribution is -2.42. The first-order valence-electron chi connectivity index (χ1n) is 6.43. The number of nitrogen functional groups attached to an aromatic ring is 1. The molecule has 2 unspecified atom stereocenters. The molecule has 2 heterocycles. The Bertz CT molecular complexity index is 478. The van der Waals surface area contributed by atoms with Crippen molar-refractivity contribution < 1.29 is 9.90 Å². The number of carboxylic acid groups (broad SMARTS) is 1. The number of nitrogens with zero attached hydrogens (tertiary/aromatic N) is 2. The van der Waals surface area contributed by atoms with Crippen LogP contribution in [0.3, 0.4) is 0 Å². The fraction of sp³-hybridized carbons (Fsp3) is 0.538. The van der Waals surface area contributed by atoms with Gasteiger partial charge in [-0.25, -0.2) is 9.78 Å². The number of hydrogen-bond donors (Lipinski definition) is 3. The third-order valence-electron chi connectivity index (χ3n) is 3.73. The second-order valence-corrected chi connectivity index (χ2v) is 5.16. The van der Waals surface area contributed by atoms with Crippen LogP contribution in [0.5, 0.6) is 0 Å². The van der Waals surface area contributed by atoms with E-state index in [0.717, 1.165) is 19.4 Å². The van der Waals surface area contributed by atoms with Crippen LogP contribution in [0.4, 0.5) is 11.5 Å². The van der Waals surface area contributed by atoms with Crippen LogP contribution >= 0.6 is 0 Å². The average molecular weight is 264 g/mol. The molecular formula is C13H20N4O2. The number of rotatable bonds is 3. The highest BCUT2D eigenvalue weighted by Gasteiger charge is 2.23. The fourth-order valence-electron chi connectivity index (χ4n) is 2.36. The Morgan fingerprint density at radius 2 is 2.37 bits per heavy atom. The Labute approximate surface area is 112 Å². The Morgan fingerprint density at radius 1 is 1.63 bits per heavy atom. The lowest BCUT2D eigenvalue weighted by atomic mass is 9.99. The zero-order chi connectivity index (χ0) is 14.0. The lowest BCUT2D eigenvalue weighted by Gasteiger charge is -2.35. The number of carboxylic acids is 1. The SMILES string of the molecule is CC1CC(Nc2cc(C(=O)O)c(N)cn2)CCN1C. The number of aromatic nitrogens is 1. The minimum absolute atomic E-state index is 0.0958. The number of pyridine rings is 1. The van der Waals surface area contributed by atoms with Crippen molar-refractivity contribution in [3.63, 3.8) is 0 Å². The minimum Gasteiger partial charge on any atom is -0.478 e. The zero-order valence-corrected chi connectivity index (χ0v) is 11.3. The molecule has 4 N–H and O–H groups in total. The Hall–Kier alpha value is -1.82. The highest BCUT2D eigenvalue weighted by atomic mass is 16.4. The van der Waals surface area contributed by atoms with Crippen LogP contribution < -0.4 is 11.1 Å². The molecule has 0 spiro atoms. The van der Waals surface area contributed by atoms with Crippen molar-refractivity contribution in [2.24, 2.45) is 0 Å². The monoisotopic (exact) mass is 264 g/mol. The van der Waals surface area contributed by atoms with E-state index in [0.29, 0.717) is 17.9 Å². The molecule has 1 aliphatic heterocycles. The number of hydrogen-bond acceptors (Lipinski definition) is 5. The molecule has 6 nitrogen and oxygen atoms in total. The molecule has 1 aromatic heterocycles. The molecule has 2 atom stereocenters. The molecule has 19 heavy (non-hydrogen) atoms. The number of aromatic carboxylic acids is 1. The molecule has 1 aliphatic rings. The zero-order valence-electron chi connectivity index (χ0n) is 11.3. The van der Waals surface area contributed by atoms with Crippen molar-refractivity contribution in [1.82, 2.24) is 9.88 Å². The summed E-state index contributed by atoms with van der Waals surface area (Å²) in [6, 6.07) is 2.34. The second-order valence-electron chi connectivity index (χ2n) is 5.16. The first-order chi connectivity index (χ1) is 8.97. The van der Waals surface area contributed by atoms with Crippen LogP contribution in [0.25, 0.3) is 0 Å². The van der Waals surface area contributed by atoms with Crippen LogP contribution in [0.15, 0.2) is 12.3 Å². The van der Waals surface area contributed by atoms with E-state index < -0.39 is 5.97 Å². The Kier molecular flexibility index (Phi) is 3.90. The van der Waals surface area contributed by atoms with E-state index in [-0.39, 0.29) is 11.3 Å². The molecule has 0 saturated carbocycles. The van der Waals surface area contributed by atoms with Gasteiger partial charge in [0.05, 0.1) is 17.4 Å². The highest BCUT2D eigenvalue weighted by molar-refractivity contribution is 5.94. The standard InChI is InChI=1S/C13H20N4O2/c1-8-5-9(3-4-17(8)2)16-12-6-10(13(18)19)11(14)7-15-12/h6-9H,3-5,14H2,1-2H3,(H,15,16)(H,18,19). The molecule has 0 radical (unpaired) electrons. The Balaban J connectivity index is 2.07. The summed E-state index contributed by atoms with van der Waals surface area (Å²) < 4.78 is 0. The van der Waals surface area contributed by atoms with Gasteiger partial charge in [0.25, 0.3) is 0 Å². The summed E-state index contributed by atoms with van der Waals surface area (Å²) in [6.07, 6.45) is 3.43. The molecule has 1 fully saturated rings. The summed E-state index contributed by atoms with van der Waals surface area (Å²) in [4.78, 5) is 17.5. The number of piperidine rings is 1. The highest BCUT2D eigenvalue weighted by Crippen LogP contribution is 2.21. The maximum Gasteiger partial charge on any atom is 0.337 e. The molecule has 0 amide bonds. The van der Waals surface area contributed by atoms with E-state index in [9.17, 15) is 4.79 Å². The summed E-state index contributed by atoms with van der Waals surface area (Å²) in [7, 11) is 2.12. The third kappa shape index (κ3) is 3.14. The average Bonchev–Trinajstić information content (AvgIpc) is 2.36. The lowest BCUT2D eigenvalue weighted by molar-refractivity contribution is 0.0698. The summed E-state index contributed by atoms with van der Waals surface area (Å²) >= 11 is 0. The van der Waals surface area contributed by atoms with Gasteiger partial charge < -0.3 is 21.1 Å². The van der Waals surface area contributed by atoms with Gasteiger partial charge in [-0.1, -0.05) is 0 Å². The number of likely N-dealkylation sites (tertiary alicyclic amines) is 1. The van der Waals surface area contributed by atoms with E-state index in [4.69, 9.17) is 10.8 Å². The van der Waals surface area contributed by atoms with E-state index in [1.54, 1.807) is 0 Å². The quantitative estimate of drug-likeness (QED) is 0.761. The maximum atomic E-state index is 11.0. The number of nitrogens with two attached hydrogens (primary N) is 1. The van der Waals surface area contributed by atoms with Crippen molar-refractivity contribution in [2.45, 2.75) is 31.8 Å². The molecule has 104 valence electrons. The first-order valence-corrected chi connectivity index (χ1v) is 6.43. The molecule has 0 bridgehead atoms. The summed E-state index contributed by atoms with van der Waals surface area (Å²) in [6.45, 7) is 3.21. The number of carbonyl (C=O) groups is 1. The molecule has 6 heteroatoms. The van der Waals surface area contributed by atoms with Gasteiger partial charge in [-0.3, -0.25) is 0 Å². The van der Waals surface area contributed by atoms with Gasteiger partial charge in [-0.15, -0.1) is 0 Å². The van der Waals surface area contributed by atoms with Gasteiger partial charge in [-0.05, 0) is 32.9 Å². The van der Waals surface area contributed by atoms with E-state index in [2.05, 4.69) is 29.2 Å². The van der Waals surface area contributed by atoms with Gasteiger partial charge in [-0.2, -0.15) is 0 Å². The molecule has 2 rings (SSSR count). The van der Waals surface area contributed by atoms with Gasteiger partial charge in [0, 0.05) is 18.6 Å². The maximum absolute atomic E-state index is 11.0. The van der Waals surface area contributed by atoms with Crippen molar-refractivity contribution in [1.29, 1.82) is 0 Å². The van der Waals surface area contributed by atoms with E-state index in [1.165, 1.54) is 12.3 Å². The van der Waals surface area contributed by atoms with Crippen LogP contribution in [0.2, 0.25) is 0 Å². The molecular weight excluding hydrogens is 244 g/mol. The van der Waals surface area contributed by atoms with Gasteiger partial charge in [0.1, 0.15) is 5.82 Å². The molecule has 1 saturated heterocycles. The number of anilines is 2. The topological polar surface area (TPSA) is 91.5 Å². The molecule has 1 aromatic rings. The van der Waals surface area contributed by atoms with Gasteiger partial charge >= 0.3 is 5.97 Å². The van der Waals surface area contributed by atoms with Crippen LogP contribution in [0, 0.1) is 0 Å². The predicted molar refractivity (Wildman–Crippen MR) is 74.3 cm³/mol. The minimum atomic E-state index is -1.03. The summed E-state index contributed by atoms with van der Waals surface area (Å²) in [5.41, 5.74) is 5.87. The fourth-order valence-corrected chi connectivity index (χ4v) is 2.36. The second kappa shape index (κ2) is 5.44. The van der Waals surface area contributed by atoms with E-state index >= 15 is 0 Å². The first kappa shape index (κ1) is 13.6. The van der Waals surface area contributed by atoms with Crippen LogP contribution in [-0.2, 0) is 0 Å². The Morgan fingerprint density at radius 3 is 3.00 bits per heavy atom. The van der Waals surface area contributed by atoms with E-state index in [1.807, 2.05) is 0 Å². The normalized spacial score (nSPS) is 24.1. The van der Waals surface area contributed by atoms with Crippen molar-refractivity contribution in [2.75, 3.05) is 24.6 Å². The van der Waals surface area contributed by atoms with Gasteiger partial charge in [0.15, 0.2) is 0 Å². The smallest absolute Gasteiger partial charge is 0.337 e. The third-order valence-corrected chi connectivity index (χ3v) is 3.73. The van der Waals surface area contributed by atoms with Crippen molar-refractivity contribution >= 4 is 17.5 Å². The summed E-state index contributed by atoms with van der Waals surface area (Å²) in [5.74, 6) is -0.451. The predicted octanol–water partition coefficient (Wildman–Crippen LogP) is 1.26.